The highest BCUT2D eigenvalue weighted by Crippen LogP contribution is 2.35. The predicted molar refractivity (Wildman–Crippen MR) is 152 cm³/mol. The molecule has 0 saturated carbocycles. The normalized spacial score (nSPS) is 12.9. The van der Waals surface area contributed by atoms with Crippen molar-refractivity contribution in [2.45, 2.75) is 72.0 Å². The summed E-state index contributed by atoms with van der Waals surface area (Å²) in [5, 5.41) is 0. The predicted octanol–water partition coefficient (Wildman–Crippen LogP) is 6.98. The third-order valence-electron chi connectivity index (χ3n) is 6.15. The van der Waals surface area contributed by atoms with Crippen LogP contribution >= 0.6 is 11.6 Å². The van der Waals surface area contributed by atoms with Crippen LogP contribution in [0.15, 0.2) is 54.8 Å². The summed E-state index contributed by atoms with van der Waals surface area (Å²) < 4.78 is 28.5. The van der Waals surface area contributed by atoms with Gasteiger partial charge in [-0.1, -0.05) is 58.0 Å². The molecule has 0 aliphatic rings. The minimum absolute atomic E-state index is 0.233. The molecular weight excluding hydrogens is 504 g/mol. The Bertz CT molecular complexity index is 1020. The molecule has 2 aromatic carbocycles. The van der Waals surface area contributed by atoms with Gasteiger partial charge in [-0.15, -0.1) is 11.6 Å². The van der Waals surface area contributed by atoms with Gasteiger partial charge in [0.05, 0.1) is 18.2 Å². The van der Waals surface area contributed by atoms with Gasteiger partial charge in [0, 0.05) is 18.9 Å². The van der Waals surface area contributed by atoms with E-state index in [9.17, 15) is 4.79 Å². The zero-order chi connectivity index (χ0) is 28.1. The molecule has 210 valence electrons. The molecule has 0 radical (unpaired) electrons. The highest BCUT2D eigenvalue weighted by Gasteiger charge is 2.24. The minimum atomic E-state index is -0.448. The van der Waals surface area contributed by atoms with Crippen molar-refractivity contribution in [3.8, 4) is 11.5 Å². The number of benzene rings is 2. The van der Waals surface area contributed by atoms with Crippen LogP contribution in [0.5, 0.6) is 11.5 Å². The lowest BCUT2D eigenvalue weighted by atomic mass is 9.77. The Morgan fingerprint density at radius 1 is 0.947 bits per heavy atom. The Morgan fingerprint density at radius 3 is 2.18 bits per heavy atom. The molecule has 0 N–H and O–H groups in total. The molecule has 2 unspecified atom stereocenters. The van der Waals surface area contributed by atoms with Crippen LogP contribution in [0.1, 0.15) is 64.2 Å². The molecule has 7 heteroatoms. The summed E-state index contributed by atoms with van der Waals surface area (Å²) in [7, 11) is 0. The number of halogens is 1. The molecule has 0 heterocycles. The van der Waals surface area contributed by atoms with Crippen LogP contribution < -0.4 is 9.47 Å². The average Bonchev–Trinajstić information content (AvgIpc) is 2.87. The number of carbonyl (C=O) groups excluding carboxylic acids is 1. The standard InChI is InChI=1S/C31H43ClO6/c1-8-9-16-34-19-29(38-24(5)33)21-35-27-13-10-25(11-14-27)31(6,7)26-12-15-30(23(4)17-26)36-20-28(18-32)37-22(2)3/h10-15,17,28-29H,2,8-9,16,18-21H2,1,3-7H3. The fourth-order valence-corrected chi connectivity index (χ4v) is 4.07. The number of ether oxygens (including phenoxy) is 5. The molecule has 0 saturated heterocycles. The lowest BCUT2D eigenvalue weighted by Gasteiger charge is -2.27. The summed E-state index contributed by atoms with van der Waals surface area (Å²) in [6, 6.07) is 14.2. The van der Waals surface area contributed by atoms with Gasteiger partial charge in [-0.05, 0) is 55.2 Å². The lowest BCUT2D eigenvalue weighted by molar-refractivity contribution is -0.151. The Morgan fingerprint density at radius 2 is 1.61 bits per heavy atom. The van der Waals surface area contributed by atoms with E-state index in [1.807, 2.05) is 25.1 Å². The number of esters is 1. The fourth-order valence-electron chi connectivity index (χ4n) is 3.91. The van der Waals surface area contributed by atoms with E-state index in [4.69, 9.17) is 35.3 Å². The molecule has 2 rings (SSSR count). The van der Waals surface area contributed by atoms with Gasteiger partial charge in [0.2, 0.25) is 0 Å². The maximum Gasteiger partial charge on any atom is 0.303 e. The first-order valence-electron chi connectivity index (χ1n) is 13.2. The highest BCUT2D eigenvalue weighted by atomic mass is 35.5. The minimum Gasteiger partial charge on any atom is -0.491 e. The summed E-state index contributed by atoms with van der Waals surface area (Å²) in [4.78, 5) is 11.5. The Labute approximate surface area is 233 Å². The van der Waals surface area contributed by atoms with E-state index >= 15 is 0 Å². The summed E-state index contributed by atoms with van der Waals surface area (Å²) in [6.07, 6.45) is 1.33. The van der Waals surface area contributed by atoms with Gasteiger partial charge >= 0.3 is 5.97 Å². The van der Waals surface area contributed by atoms with Crippen molar-refractivity contribution in [3.63, 3.8) is 0 Å². The molecule has 2 atom stereocenters. The summed E-state index contributed by atoms with van der Waals surface area (Å²) in [6.45, 7) is 17.0. The number of hydrogen-bond acceptors (Lipinski definition) is 6. The van der Waals surface area contributed by atoms with Gasteiger partial charge in [-0.2, -0.15) is 0 Å². The fraction of sp³-hybridized carbons (Fsp3) is 0.516. The van der Waals surface area contributed by atoms with Crippen molar-refractivity contribution in [2.24, 2.45) is 0 Å². The Kier molecular flexibility index (Phi) is 13.0. The lowest BCUT2D eigenvalue weighted by Crippen LogP contribution is -2.29. The molecule has 2 aromatic rings. The SMILES string of the molecule is C=C(C)OC(CCl)COc1ccc(C(C)(C)c2ccc(OCC(COCCCC)OC(C)=O)cc2)cc1C. The summed E-state index contributed by atoms with van der Waals surface area (Å²) in [5.41, 5.74) is 3.12. The number of alkyl halides is 1. The van der Waals surface area contributed by atoms with Crippen LogP contribution in [0.3, 0.4) is 0 Å². The largest absolute Gasteiger partial charge is 0.491 e. The third-order valence-corrected chi connectivity index (χ3v) is 6.50. The number of hydrogen-bond donors (Lipinski definition) is 0. The van der Waals surface area contributed by atoms with Crippen molar-refractivity contribution < 1.29 is 28.5 Å². The summed E-state index contributed by atoms with van der Waals surface area (Å²) >= 11 is 5.99. The molecule has 0 bridgehead atoms. The first kappa shape index (κ1) is 31.5. The molecular formula is C31H43ClO6. The van der Waals surface area contributed by atoms with Gasteiger partial charge in [0.15, 0.2) is 6.10 Å². The molecule has 0 aliphatic carbocycles. The topological polar surface area (TPSA) is 63.2 Å². The van der Waals surface area contributed by atoms with Gasteiger partial charge in [0.25, 0.3) is 0 Å². The van der Waals surface area contributed by atoms with Crippen molar-refractivity contribution in [3.05, 3.63) is 71.5 Å². The Balaban J connectivity index is 2.02. The van der Waals surface area contributed by atoms with Crippen molar-refractivity contribution in [2.75, 3.05) is 32.3 Å². The first-order chi connectivity index (χ1) is 18.1. The van der Waals surface area contributed by atoms with E-state index in [0.29, 0.717) is 37.2 Å². The van der Waals surface area contributed by atoms with Crippen LogP contribution in [0, 0.1) is 6.92 Å². The second-order valence-electron chi connectivity index (χ2n) is 10.0. The van der Waals surface area contributed by atoms with E-state index in [2.05, 4.69) is 51.6 Å². The second kappa shape index (κ2) is 15.6. The molecule has 0 amide bonds. The van der Waals surface area contributed by atoms with Crippen LogP contribution in [0.2, 0.25) is 0 Å². The van der Waals surface area contributed by atoms with E-state index in [1.165, 1.54) is 12.5 Å². The zero-order valence-corrected chi connectivity index (χ0v) is 24.4. The smallest absolute Gasteiger partial charge is 0.303 e. The zero-order valence-electron chi connectivity index (χ0n) is 23.7. The molecule has 6 nitrogen and oxygen atoms in total. The van der Waals surface area contributed by atoms with Crippen LogP contribution in [0.4, 0.5) is 0 Å². The quantitative estimate of drug-likeness (QED) is 0.0922. The third kappa shape index (κ3) is 10.2. The molecule has 0 aromatic heterocycles. The summed E-state index contributed by atoms with van der Waals surface area (Å²) in [5.74, 6) is 2.11. The first-order valence-corrected chi connectivity index (χ1v) is 13.7. The van der Waals surface area contributed by atoms with Gasteiger partial charge in [-0.3, -0.25) is 4.79 Å². The second-order valence-corrected chi connectivity index (χ2v) is 10.3. The number of allylic oxidation sites excluding steroid dienone is 1. The number of aryl methyl sites for hydroxylation is 1. The maximum atomic E-state index is 11.5. The van der Waals surface area contributed by atoms with Gasteiger partial charge < -0.3 is 23.7 Å². The number of rotatable bonds is 17. The number of unbranched alkanes of at least 4 members (excludes halogenated alkanes) is 1. The van der Waals surface area contributed by atoms with Crippen molar-refractivity contribution >= 4 is 17.6 Å². The monoisotopic (exact) mass is 546 g/mol. The molecule has 0 fully saturated rings. The maximum absolute atomic E-state index is 11.5. The Hall–Kier alpha value is -2.70. The molecule has 0 spiro atoms. The highest BCUT2D eigenvalue weighted by molar-refractivity contribution is 6.18. The van der Waals surface area contributed by atoms with Crippen molar-refractivity contribution in [1.29, 1.82) is 0 Å². The van der Waals surface area contributed by atoms with Crippen LogP contribution in [-0.2, 0) is 24.4 Å². The van der Waals surface area contributed by atoms with Gasteiger partial charge in [-0.25, -0.2) is 0 Å². The van der Waals surface area contributed by atoms with Crippen LogP contribution in [0.25, 0.3) is 0 Å². The molecule has 38 heavy (non-hydrogen) atoms. The van der Waals surface area contributed by atoms with E-state index in [-0.39, 0.29) is 24.1 Å². The van der Waals surface area contributed by atoms with E-state index < -0.39 is 6.10 Å². The van der Waals surface area contributed by atoms with Crippen molar-refractivity contribution in [1.82, 2.24) is 0 Å². The van der Waals surface area contributed by atoms with Gasteiger partial charge in [0.1, 0.15) is 30.8 Å². The van der Waals surface area contributed by atoms with Crippen LogP contribution in [-0.4, -0.2) is 50.5 Å². The molecule has 0 aliphatic heterocycles. The van der Waals surface area contributed by atoms with E-state index in [0.717, 1.165) is 29.7 Å². The van der Waals surface area contributed by atoms with E-state index in [1.54, 1.807) is 6.92 Å². The number of carbonyl (C=O) groups is 1. The average molecular weight is 547 g/mol.